The first-order valence-electron chi connectivity index (χ1n) is 6.58. The van der Waals surface area contributed by atoms with Crippen LogP contribution in [0, 0.1) is 5.92 Å². The van der Waals surface area contributed by atoms with Crippen LogP contribution in [0.2, 0.25) is 0 Å². The van der Waals surface area contributed by atoms with Gasteiger partial charge in [0.2, 0.25) is 0 Å². The molecule has 0 unspecified atom stereocenters. The van der Waals surface area contributed by atoms with E-state index in [2.05, 4.69) is 29.6 Å². The Bertz CT molecular complexity index is 502. The van der Waals surface area contributed by atoms with Crippen LogP contribution >= 0.6 is 23.7 Å². The summed E-state index contributed by atoms with van der Waals surface area (Å²) < 4.78 is 1.37. The molecule has 1 aromatic carbocycles. The molecular weight excluding hydrogens is 262 g/mol. The van der Waals surface area contributed by atoms with Crippen LogP contribution in [0.3, 0.4) is 0 Å². The lowest BCUT2D eigenvalue weighted by atomic mass is 9.81. The Morgan fingerprint density at radius 2 is 1.83 bits per heavy atom. The van der Waals surface area contributed by atoms with Gasteiger partial charge in [0, 0.05) is 10.7 Å². The van der Waals surface area contributed by atoms with E-state index in [1.54, 1.807) is 0 Å². The number of hydrogen-bond donors (Lipinski definition) is 1. The fourth-order valence-corrected chi connectivity index (χ4v) is 4.01. The third kappa shape index (κ3) is 2.56. The SMILES string of the molecule is Cl.N[C@@H](c1csc2ccccc12)C1CCCCC1. The van der Waals surface area contributed by atoms with Crippen LogP contribution in [0.5, 0.6) is 0 Å². The van der Waals surface area contributed by atoms with E-state index in [-0.39, 0.29) is 18.4 Å². The zero-order chi connectivity index (χ0) is 11.7. The lowest BCUT2D eigenvalue weighted by molar-refractivity contribution is 0.309. The molecule has 0 spiro atoms. The minimum absolute atomic E-state index is 0. The van der Waals surface area contributed by atoms with Crippen molar-refractivity contribution in [3.8, 4) is 0 Å². The van der Waals surface area contributed by atoms with E-state index in [1.165, 1.54) is 47.8 Å². The third-order valence-electron chi connectivity index (χ3n) is 4.03. The summed E-state index contributed by atoms with van der Waals surface area (Å²) in [6.07, 6.45) is 6.74. The minimum Gasteiger partial charge on any atom is -0.324 e. The van der Waals surface area contributed by atoms with Gasteiger partial charge in [0.05, 0.1) is 0 Å². The molecule has 0 amide bonds. The summed E-state index contributed by atoms with van der Waals surface area (Å²) in [5.41, 5.74) is 7.86. The summed E-state index contributed by atoms with van der Waals surface area (Å²) in [6.45, 7) is 0. The quantitative estimate of drug-likeness (QED) is 0.832. The van der Waals surface area contributed by atoms with E-state index in [1.807, 2.05) is 11.3 Å². The molecule has 1 aliphatic rings. The molecule has 0 aliphatic heterocycles. The van der Waals surface area contributed by atoms with Crippen molar-refractivity contribution in [1.29, 1.82) is 0 Å². The summed E-state index contributed by atoms with van der Waals surface area (Å²) in [7, 11) is 0. The number of hydrogen-bond acceptors (Lipinski definition) is 2. The molecule has 3 heteroatoms. The Morgan fingerprint density at radius 3 is 2.61 bits per heavy atom. The van der Waals surface area contributed by atoms with Gasteiger partial charge in [-0.1, -0.05) is 37.5 Å². The fourth-order valence-electron chi connectivity index (χ4n) is 3.00. The highest BCUT2D eigenvalue weighted by Crippen LogP contribution is 2.37. The van der Waals surface area contributed by atoms with E-state index in [0.717, 1.165) is 0 Å². The van der Waals surface area contributed by atoms with Crippen LogP contribution in [-0.4, -0.2) is 0 Å². The van der Waals surface area contributed by atoms with Crippen LogP contribution in [-0.2, 0) is 0 Å². The van der Waals surface area contributed by atoms with Gasteiger partial charge in [-0.25, -0.2) is 0 Å². The van der Waals surface area contributed by atoms with Crippen molar-refractivity contribution in [2.45, 2.75) is 38.1 Å². The van der Waals surface area contributed by atoms with Gasteiger partial charge in [-0.05, 0) is 41.2 Å². The number of thiophene rings is 1. The largest absolute Gasteiger partial charge is 0.324 e. The van der Waals surface area contributed by atoms with Crippen molar-refractivity contribution < 1.29 is 0 Å². The Morgan fingerprint density at radius 1 is 1.11 bits per heavy atom. The van der Waals surface area contributed by atoms with E-state index in [4.69, 9.17) is 5.73 Å². The molecule has 2 N–H and O–H groups in total. The summed E-state index contributed by atoms with van der Waals surface area (Å²) in [5, 5.41) is 3.64. The number of fused-ring (bicyclic) bond motifs is 1. The predicted molar refractivity (Wildman–Crippen MR) is 82.6 cm³/mol. The molecule has 2 aromatic rings. The summed E-state index contributed by atoms with van der Waals surface area (Å²) in [6, 6.07) is 8.87. The molecule has 0 radical (unpaired) electrons. The normalized spacial score (nSPS) is 18.5. The molecular formula is C15H20ClNS. The zero-order valence-corrected chi connectivity index (χ0v) is 12.1. The first-order valence-corrected chi connectivity index (χ1v) is 7.46. The van der Waals surface area contributed by atoms with E-state index >= 15 is 0 Å². The van der Waals surface area contributed by atoms with Gasteiger partial charge in [-0.15, -0.1) is 23.7 Å². The second-order valence-electron chi connectivity index (χ2n) is 5.11. The monoisotopic (exact) mass is 281 g/mol. The molecule has 1 nitrogen and oxygen atoms in total. The van der Waals surface area contributed by atoms with Crippen LogP contribution in [0.15, 0.2) is 29.6 Å². The van der Waals surface area contributed by atoms with E-state index in [9.17, 15) is 0 Å². The van der Waals surface area contributed by atoms with Gasteiger partial charge >= 0.3 is 0 Å². The number of nitrogens with two attached hydrogens (primary N) is 1. The molecule has 0 saturated heterocycles. The van der Waals surface area contributed by atoms with Crippen molar-refractivity contribution in [2.24, 2.45) is 11.7 Å². The fraction of sp³-hybridized carbons (Fsp3) is 0.467. The lowest BCUT2D eigenvalue weighted by Gasteiger charge is -2.27. The Kier molecular flexibility index (Phi) is 4.66. The Balaban J connectivity index is 0.00000120. The van der Waals surface area contributed by atoms with Crippen LogP contribution in [0.25, 0.3) is 10.1 Å². The van der Waals surface area contributed by atoms with E-state index < -0.39 is 0 Å². The molecule has 1 atom stereocenters. The van der Waals surface area contributed by atoms with Crippen LogP contribution in [0.4, 0.5) is 0 Å². The Labute approximate surface area is 119 Å². The van der Waals surface area contributed by atoms with Crippen LogP contribution < -0.4 is 5.73 Å². The van der Waals surface area contributed by atoms with Crippen molar-refractivity contribution >= 4 is 33.8 Å². The maximum atomic E-state index is 6.49. The van der Waals surface area contributed by atoms with E-state index in [0.29, 0.717) is 5.92 Å². The zero-order valence-electron chi connectivity index (χ0n) is 10.5. The first kappa shape index (κ1) is 13.9. The highest BCUT2D eigenvalue weighted by Gasteiger charge is 2.23. The molecule has 3 rings (SSSR count). The number of rotatable bonds is 2. The minimum atomic E-state index is 0. The molecule has 0 bridgehead atoms. The summed E-state index contributed by atoms with van der Waals surface area (Å²) in [5.74, 6) is 0.696. The lowest BCUT2D eigenvalue weighted by Crippen LogP contribution is -2.23. The van der Waals surface area contributed by atoms with Gasteiger partial charge in [0.1, 0.15) is 0 Å². The molecule has 1 heterocycles. The molecule has 98 valence electrons. The van der Waals surface area contributed by atoms with Gasteiger partial charge < -0.3 is 5.73 Å². The number of benzene rings is 1. The molecule has 1 saturated carbocycles. The third-order valence-corrected chi connectivity index (χ3v) is 5.01. The standard InChI is InChI=1S/C15H19NS.ClH/c16-15(11-6-2-1-3-7-11)13-10-17-14-9-5-4-8-12(13)14;/h4-5,8-11,15H,1-3,6-7,16H2;1H/t15-;/m1./s1. The molecule has 1 aromatic heterocycles. The van der Waals surface area contributed by atoms with Crippen LogP contribution in [0.1, 0.15) is 43.7 Å². The second kappa shape index (κ2) is 6.05. The highest BCUT2D eigenvalue weighted by molar-refractivity contribution is 7.17. The maximum absolute atomic E-state index is 6.49. The molecule has 18 heavy (non-hydrogen) atoms. The highest BCUT2D eigenvalue weighted by atomic mass is 35.5. The molecule has 1 fully saturated rings. The maximum Gasteiger partial charge on any atom is 0.0346 e. The second-order valence-corrected chi connectivity index (χ2v) is 6.02. The van der Waals surface area contributed by atoms with Crippen molar-refractivity contribution in [1.82, 2.24) is 0 Å². The van der Waals surface area contributed by atoms with Gasteiger partial charge in [0.25, 0.3) is 0 Å². The van der Waals surface area contributed by atoms with Crippen molar-refractivity contribution in [3.05, 3.63) is 35.2 Å². The number of halogens is 1. The summed E-state index contributed by atoms with van der Waals surface area (Å²) in [4.78, 5) is 0. The smallest absolute Gasteiger partial charge is 0.0346 e. The van der Waals surface area contributed by atoms with Crippen molar-refractivity contribution in [2.75, 3.05) is 0 Å². The van der Waals surface area contributed by atoms with Gasteiger partial charge in [-0.3, -0.25) is 0 Å². The average Bonchev–Trinajstić information content (AvgIpc) is 2.83. The van der Waals surface area contributed by atoms with Crippen molar-refractivity contribution in [3.63, 3.8) is 0 Å². The van der Waals surface area contributed by atoms with Gasteiger partial charge in [-0.2, -0.15) is 0 Å². The predicted octanol–water partition coefficient (Wildman–Crippen LogP) is 4.90. The average molecular weight is 282 g/mol. The molecule has 1 aliphatic carbocycles. The summed E-state index contributed by atoms with van der Waals surface area (Å²) >= 11 is 1.83. The Hall–Kier alpha value is -0.570. The first-order chi connectivity index (χ1) is 8.36. The van der Waals surface area contributed by atoms with Gasteiger partial charge in [0.15, 0.2) is 0 Å². The topological polar surface area (TPSA) is 26.0 Å².